The van der Waals surface area contributed by atoms with E-state index in [9.17, 15) is 10.1 Å². The third-order valence-corrected chi connectivity index (χ3v) is 4.02. The van der Waals surface area contributed by atoms with Crippen LogP contribution in [0.1, 0.15) is 44.2 Å². The molecule has 20 heavy (non-hydrogen) atoms. The van der Waals surface area contributed by atoms with E-state index in [1.165, 1.54) is 25.0 Å². The standard InChI is InChI=1S/C15H24N2O2S/c1-13(16-11-7-3-4-8-12-20-2)14-9-5-6-10-15(14)17(18)19/h5-6,9-10,13,16H,3-4,7-8,11-12H2,1-2H3. The number of nitro groups is 1. The summed E-state index contributed by atoms with van der Waals surface area (Å²) in [4.78, 5) is 10.7. The summed E-state index contributed by atoms with van der Waals surface area (Å²) in [6.45, 7) is 2.89. The van der Waals surface area contributed by atoms with Gasteiger partial charge in [-0.2, -0.15) is 11.8 Å². The van der Waals surface area contributed by atoms with E-state index in [1.807, 2.05) is 30.8 Å². The predicted molar refractivity (Wildman–Crippen MR) is 86.4 cm³/mol. The Bertz CT molecular complexity index is 413. The summed E-state index contributed by atoms with van der Waals surface area (Å²) in [7, 11) is 0. The Hall–Kier alpha value is -1.07. The maximum absolute atomic E-state index is 11.0. The number of nitro benzene ring substituents is 1. The molecule has 1 aromatic carbocycles. The second-order valence-corrected chi connectivity index (χ2v) is 5.88. The molecule has 1 N–H and O–H groups in total. The van der Waals surface area contributed by atoms with E-state index in [0.29, 0.717) is 0 Å². The lowest BCUT2D eigenvalue weighted by atomic mass is 10.1. The fourth-order valence-electron chi connectivity index (χ4n) is 2.17. The van der Waals surface area contributed by atoms with Gasteiger partial charge in [0.1, 0.15) is 0 Å². The van der Waals surface area contributed by atoms with Gasteiger partial charge in [0.05, 0.1) is 4.92 Å². The summed E-state index contributed by atoms with van der Waals surface area (Å²) < 4.78 is 0. The molecule has 0 fully saturated rings. The number of nitrogens with one attached hydrogen (secondary N) is 1. The van der Waals surface area contributed by atoms with Crippen molar-refractivity contribution in [3.63, 3.8) is 0 Å². The van der Waals surface area contributed by atoms with Gasteiger partial charge in [-0.1, -0.05) is 31.0 Å². The summed E-state index contributed by atoms with van der Waals surface area (Å²) >= 11 is 1.89. The van der Waals surface area contributed by atoms with E-state index >= 15 is 0 Å². The molecule has 0 saturated heterocycles. The molecule has 1 atom stereocenters. The van der Waals surface area contributed by atoms with Crippen LogP contribution >= 0.6 is 11.8 Å². The maximum atomic E-state index is 11.0. The quantitative estimate of drug-likeness (QED) is 0.400. The second kappa shape index (κ2) is 9.77. The molecule has 0 aliphatic heterocycles. The second-order valence-electron chi connectivity index (χ2n) is 4.90. The van der Waals surface area contributed by atoms with Crippen LogP contribution in [0.3, 0.4) is 0 Å². The topological polar surface area (TPSA) is 55.2 Å². The van der Waals surface area contributed by atoms with E-state index < -0.39 is 0 Å². The molecule has 0 heterocycles. The highest BCUT2D eigenvalue weighted by Crippen LogP contribution is 2.24. The van der Waals surface area contributed by atoms with Crippen LogP contribution in [0.2, 0.25) is 0 Å². The SMILES string of the molecule is CSCCCCCCNC(C)c1ccccc1[N+](=O)[O-]. The Labute approximate surface area is 125 Å². The lowest BCUT2D eigenvalue weighted by Crippen LogP contribution is -2.20. The van der Waals surface area contributed by atoms with Gasteiger partial charge in [0.15, 0.2) is 0 Å². The van der Waals surface area contributed by atoms with E-state index in [1.54, 1.807) is 12.1 Å². The molecular weight excluding hydrogens is 272 g/mol. The normalized spacial score (nSPS) is 12.3. The van der Waals surface area contributed by atoms with Crippen molar-refractivity contribution in [1.29, 1.82) is 0 Å². The van der Waals surface area contributed by atoms with Gasteiger partial charge in [-0.3, -0.25) is 10.1 Å². The van der Waals surface area contributed by atoms with Crippen LogP contribution in [0, 0.1) is 10.1 Å². The average molecular weight is 296 g/mol. The van der Waals surface area contributed by atoms with Crippen LogP contribution in [0.5, 0.6) is 0 Å². The van der Waals surface area contributed by atoms with Gasteiger partial charge in [0.25, 0.3) is 5.69 Å². The first-order chi connectivity index (χ1) is 9.66. The van der Waals surface area contributed by atoms with Crippen molar-refractivity contribution in [3.8, 4) is 0 Å². The first kappa shape index (κ1) is 17.0. The molecule has 1 aromatic rings. The zero-order chi connectivity index (χ0) is 14.8. The lowest BCUT2D eigenvalue weighted by Gasteiger charge is -2.14. The molecule has 0 aliphatic rings. The molecule has 0 saturated carbocycles. The van der Waals surface area contributed by atoms with Gasteiger partial charge in [0.2, 0.25) is 0 Å². The Morgan fingerprint density at radius 1 is 1.25 bits per heavy atom. The van der Waals surface area contributed by atoms with Gasteiger partial charge in [-0.05, 0) is 38.3 Å². The summed E-state index contributed by atoms with van der Waals surface area (Å²) in [5, 5.41) is 14.4. The lowest BCUT2D eigenvalue weighted by molar-refractivity contribution is -0.385. The summed E-state index contributed by atoms with van der Waals surface area (Å²) in [5.74, 6) is 1.24. The van der Waals surface area contributed by atoms with Gasteiger partial charge < -0.3 is 5.32 Å². The van der Waals surface area contributed by atoms with E-state index in [4.69, 9.17) is 0 Å². The van der Waals surface area contributed by atoms with Gasteiger partial charge in [0, 0.05) is 17.7 Å². The van der Waals surface area contributed by atoms with E-state index in [2.05, 4.69) is 11.6 Å². The Balaban J connectivity index is 2.32. The zero-order valence-corrected chi connectivity index (χ0v) is 13.1. The minimum atomic E-state index is -0.310. The van der Waals surface area contributed by atoms with Crippen LogP contribution in [-0.2, 0) is 0 Å². The molecule has 5 heteroatoms. The van der Waals surface area contributed by atoms with Gasteiger partial charge >= 0.3 is 0 Å². The molecule has 1 unspecified atom stereocenters. The third-order valence-electron chi connectivity index (χ3n) is 3.33. The van der Waals surface area contributed by atoms with Crippen molar-refractivity contribution in [2.24, 2.45) is 0 Å². The van der Waals surface area contributed by atoms with Gasteiger partial charge in [-0.25, -0.2) is 0 Å². The van der Waals surface area contributed by atoms with Crippen molar-refractivity contribution >= 4 is 17.4 Å². The number of para-hydroxylation sites is 1. The first-order valence-corrected chi connectivity index (χ1v) is 8.52. The number of nitrogens with zero attached hydrogens (tertiary/aromatic N) is 1. The predicted octanol–water partition coefficient (Wildman–Crippen LogP) is 4.17. The van der Waals surface area contributed by atoms with Crippen molar-refractivity contribution in [3.05, 3.63) is 39.9 Å². The minimum Gasteiger partial charge on any atom is -0.310 e. The summed E-state index contributed by atoms with van der Waals surface area (Å²) in [6, 6.07) is 6.97. The van der Waals surface area contributed by atoms with Crippen molar-refractivity contribution < 1.29 is 4.92 Å². The molecule has 0 bridgehead atoms. The smallest absolute Gasteiger partial charge is 0.274 e. The number of unbranched alkanes of at least 4 members (excludes halogenated alkanes) is 3. The Morgan fingerprint density at radius 2 is 1.95 bits per heavy atom. The molecule has 0 radical (unpaired) electrons. The number of benzene rings is 1. The van der Waals surface area contributed by atoms with Crippen molar-refractivity contribution in [2.75, 3.05) is 18.6 Å². The summed E-state index contributed by atoms with van der Waals surface area (Å²) in [5.41, 5.74) is 0.965. The fraction of sp³-hybridized carbons (Fsp3) is 0.600. The highest BCUT2D eigenvalue weighted by atomic mass is 32.2. The van der Waals surface area contributed by atoms with Crippen LogP contribution in [-0.4, -0.2) is 23.5 Å². The summed E-state index contributed by atoms with van der Waals surface area (Å²) in [6.07, 6.45) is 7.02. The molecule has 0 spiro atoms. The fourth-order valence-corrected chi connectivity index (χ4v) is 2.67. The van der Waals surface area contributed by atoms with Crippen LogP contribution in [0.25, 0.3) is 0 Å². The number of thioether (sulfide) groups is 1. The zero-order valence-electron chi connectivity index (χ0n) is 12.3. The Morgan fingerprint density at radius 3 is 2.65 bits per heavy atom. The molecule has 0 aliphatic carbocycles. The van der Waals surface area contributed by atoms with Crippen LogP contribution in [0.4, 0.5) is 5.69 Å². The van der Waals surface area contributed by atoms with Crippen molar-refractivity contribution in [2.45, 2.75) is 38.6 Å². The molecule has 4 nitrogen and oxygen atoms in total. The molecule has 0 amide bonds. The van der Waals surface area contributed by atoms with Crippen molar-refractivity contribution in [1.82, 2.24) is 5.32 Å². The van der Waals surface area contributed by atoms with Gasteiger partial charge in [-0.15, -0.1) is 0 Å². The molecule has 0 aromatic heterocycles. The third kappa shape index (κ3) is 5.92. The first-order valence-electron chi connectivity index (χ1n) is 7.12. The van der Waals surface area contributed by atoms with Crippen LogP contribution < -0.4 is 5.32 Å². The van der Waals surface area contributed by atoms with E-state index in [-0.39, 0.29) is 16.7 Å². The number of rotatable bonds is 10. The number of hydrogen-bond donors (Lipinski definition) is 1. The van der Waals surface area contributed by atoms with Crippen LogP contribution in [0.15, 0.2) is 24.3 Å². The minimum absolute atomic E-state index is 0.0165. The molecule has 1 rings (SSSR count). The van der Waals surface area contributed by atoms with E-state index in [0.717, 1.165) is 18.5 Å². The number of hydrogen-bond acceptors (Lipinski definition) is 4. The molecular formula is C15H24N2O2S. The molecule has 112 valence electrons. The highest BCUT2D eigenvalue weighted by Gasteiger charge is 2.17. The highest BCUT2D eigenvalue weighted by molar-refractivity contribution is 7.98. The average Bonchev–Trinajstić information content (AvgIpc) is 2.46. The largest absolute Gasteiger partial charge is 0.310 e. The Kier molecular flexibility index (Phi) is 8.30. The monoisotopic (exact) mass is 296 g/mol. The maximum Gasteiger partial charge on any atom is 0.274 e.